The number of nitrogens with one attached hydrogen (secondary N) is 2. The largest absolute Gasteiger partial charge is 0.492 e. The molecule has 5 nitrogen and oxygen atoms in total. The van der Waals surface area contributed by atoms with Gasteiger partial charge in [-0.05, 0) is 44.7 Å². The van der Waals surface area contributed by atoms with Crippen LogP contribution in [0.25, 0.3) is 0 Å². The lowest BCUT2D eigenvalue weighted by Crippen LogP contribution is -2.47. The highest BCUT2D eigenvalue weighted by molar-refractivity contribution is 5.82. The molecule has 1 fully saturated rings. The average molecular weight is 287 g/mol. The van der Waals surface area contributed by atoms with Crippen molar-refractivity contribution in [3.63, 3.8) is 0 Å². The van der Waals surface area contributed by atoms with Crippen LogP contribution in [0, 0.1) is 11.3 Å². The summed E-state index contributed by atoms with van der Waals surface area (Å²) in [5, 5.41) is 15.2. The van der Waals surface area contributed by atoms with Crippen LogP contribution in [0.3, 0.4) is 0 Å². The third-order valence-electron chi connectivity index (χ3n) is 3.68. The molecule has 21 heavy (non-hydrogen) atoms. The Labute approximate surface area is 125 Å². The lowest BCUT2D eigenvalue weighted by atomic mass is 10.00. The average Bonchev–Trinajstić information content (AvgIpc) is 2.96. The van der Waals surface area contributed by atoms with E-state index in [-0.39, 0.29) is 12.5 Å². The number of anilines is 1. The van der Waals surface area contributed by atoms with Crippen molar-refractivity contribution >= 4 is 11.6 Å². The molecular formula is C16H21N3O2. The van der Waals surface area contributed by atoms with Crippen LogP contribution in [0.1, 0.15) is 32.6 Å². The van der Waals surface area contributed by atoms with E-state index in [1.165, 1.54) is 0 Å². The van der Waals surface area contributed by atoms with Crippen LogP contribution < -0.4 is 15.4 Å². The molecule has 0 aliphatic heterocycles. The predicted molar refractivity (Wildman–Crippen MR) is 81.1 cm³/mol. The van der Waals surface area contributed by atoms with Gasteiger partial charge in [0.05, 0.1) is 24.9 Å². The number of hydrogen-bond donors (Lipinski definition) is 2. The number of nitrogens with zero attached hydrogens (tertiary/aromatic N) is 1. The molecule has 0 unspecified atom stereocenters. The molecule has 2 rings (SSSR count). The SMILES string of the molecule is CCOc1ccccc1NCC(=O)NC1(C#N)CCCC1. The monoisotopic (exact) mass is 287 g/mol. The molecule has 0 bridgehead atoms. The van der Waals surface area contributed by atoms with Gasteiger partial charge in [-0.15, -0.1) is 0 Å². The van der Waals surface area contributed by atoms with Gasteiger partial charge in [-0.3, -0.25) is 4.79 Å². The molecule has 1 amide bonds. The fourth-order valence-electron chi connectivity index (χ4n) is 2.62. The first-order chi connectivity index (χ1) is 10.2. The zero-order valence-corrected chi connectivity index (χ0v) is 12.3. The van der Waals surface area contributed by atoms with Crippen LogP contribution in [-0.2, 0) is 4.79 Å². The maximum Gasteiger partial charge on any atom is 0.240 e. The normalized spacial score (nSPS) is 16.0. The molecule has 0 heterocycles. The van der Waals surface area contributed by atoms with Crippen molar-refractivity contribution in [1.82, 2.24) is 5.32 Å². The molecule has 0 spiro atoms. The minimum atomic E-state index is -0.668. The number of ether oxygens (including phenoxy) is 1. The summed E-state index contributed by atoms with van der Waals surface area (Å²) in [5.41, 5.74) is 0.116. The van der Waals surface area contributed by atoms with Gasteiger partial charge in [0, 0.05) is 0 Å². The zero-order valence-electron chi connectivity index (χ0n) is 12.3. The first kappa shape index (κ1) is 15.2. The third kappa shape index (κ3) is 3.88. The minimum absolute atomic E-state index is 0.132. The first-order valence-corrected chi connectivity index (χ1v) is 7.37. The molecule has 0 radical (unpaired) electrons. The van der Waals surface area contributed by atoms with E-state index < -0.39 is 5.54 Å². The molecule has 1 aliphatic rings. The van der Waals surface area contributed by atoms with Gasteiger partial charge in [0.15, 0.2) is 0 Å². The zero-order chi connectivity index (χ0) is 15.1. The summed E-state index contributed by atoms with van der Waals surface area (Å²) < 4.78 is 5.50. The second-order valence-corrected chi connectivity index (χ2v) is 5.23. The van der Waals surface area contributed by atoms with Gasteiger partial charge in [-0.1, -0.05) is 12.1 Å². The Morgan fingerprint density at radius 1 is 1.38 bits per heavy atom. The summed E-state index contributed by atoms with van der Waals surface area (Å²) in [6.07, 6.45) is 3.47. The van der Waals surface area contributed by atoms with E-state index in [2.05, 4.69) is 16.7 Å². The second kappa shape index (κ2) is 6.98. The van der Waals surface area contributed by atoms with Crippen molar-refractivity contribution < 1.29 is 9.53 Å². The maximum atomic E-state index is 12.0. The predicted octanol–water partition coefficient (Wildman–Crippen LogP) is 2.45. The second-order valence-electron chi connectivity index (χ2n) is 5.23. The maximum absolute atomic E-state index is 12.0. The fourth-order valence-corrected chi connectivity index (χ4v) is 2.62. The van der Waals surface area contributed by atoms with Gasteiger partial charge >= 0.3 is 0 Å². The van der Waals surface area contributed by atoms with Crippen molar-refractivity contribution in [1.29, 1.82) is 5.26 Å². The minimum Gasteiger partial charge on any atom is -0.492 e. The van der Waals surface area contributed by atoms with Gasteiger partial charge in [0.25, 0.3) is 0 Å². The Balaban J connectivity index is 1.91. The Hall–Kier alpha value is -2.22. The van der Waals surface area contributed by atoms with Gasteiger partial charge in [0.1, 0.15) is 11.3 Å². The van der Waals surface area contributed by atoms with Crippen molar-refractivity contribution in [2.45, 2.75) is 38.1 Å². The number of amides is 1. The topological polar surface area (TPSA) is 74.2 Å². The number of rotatable bonds is 6. The molecule has 0 saturated heterocycles. The van der Waals surface area contributed by atoms with Crippen molar-refractivity contribution in [3.8, 4) is 11.8 Å². The molecule has 5 heteroatoms. The van der Waals surface area contributed by atoms with Crippen LogP contribution in [0.2, 0.25) is 0 Å². The van der Waals surface area contributed by atoms with Crippen LogP contribution in [0.4, 0.5) is 5.69 Å². The van der Waals surface area contributed by atoms with Crippen LogP contribution in [0.5, 0.6) is 5.75 Å². The summed E-state index contributed by atoms with van der Waals surface area (Å²) in [6.45, 7) is 2.62. The van der Waals surface area contributed by atoms with Crippen LogP contribution in [0.15, 0.2) is 24.3 Å². The van der Waals surface area contributed by atoms with Crippen molar-refractivity contribution in [2.75, 3.05) is 18.5 Å². The van der Waals surface area contributed by atoms with Crippen LogP contribution >= 0.6 is 0 Å². The van der Waals surface area contributed by atoms with Gasteiger partial charge in [0.2, 0.25) is 5.91 Å². The molecular weight excluding hydrogens is 266 g/mol. The standard InChI is InChI=1S/C16H21N3O2/c1-2-21-14-8-4-3-7-13(14)18-11-15(20)19-16(12-17)9-5-6-10-16/h3-4,7-8,18H,2,5-6,9-11H2,1H3,(H,19,20). The highest BCUT2D eigenvalue weighted by Crippen LogP contribution is 2.29. The number of para-hydroxylation sites is 2. The van der Waals surface area contributed by atoms with Gasteiger partial charge in [-0.25, -0.2) is 0 Å². The van der Waals surface area contributed by atoms with E-state index >= 15 is 0 Å². The summed E-state index contributed by atoms with van der Waals surface area (Å²) in [5.74, 6) is 0.563. The summed E-state index contributed by atoms with van der Waals surface area (Å²) in [4.78, 5) is 12.0. The highest BCUT2D eigenvalue weighted by atomic mass is 16.5. The molecule has 1 aliphatic carbocycles. The van der Waals surface area contributed by atoms with E-state index in [1.54, 1.807) is 0 Å². The number of benzene rings is 1. The molecule has 112 valence electrons. The molecule has 1 saturated carbocycles. The number of carbonyl (C=O) groups is 1. The van der Waals surface area contributed by atoms with E-state index in [0.29, 0.717) is 6.61 Å². The lowest BCUT2D eigenvalue weighted by molar-refractivity contribution is -0.120. The number of carbonyl (C=O) groups excluding carboxylic acids is 1. The Morgan fingerprint density at radius 3 is 2.76 bits per heavy atom. The molecule has 1 aromatic rings. The number of nitriles is 1. The Kier molecular flexibility index (Phi) is 5.04. The van der Waals surface area contributed by atoms with Crippen molar-refractivity contribution in [2.24, 2.45) is 0 Å². The fraction of sp³-hybridized carbons (Fsp3) is 0.500. The number of hydrogen-bond acceptors (Lipinski definition) is 4. The van der Waals surface area contributed by atoms with Crippen LogP contribution in [-0.4, -0.2) is 24.6 Å². The van der Waals surface area contributed by atoms with Gasteiger partial charge in [-0.2, -0.15) is 5.26 Å². The van der Waals surface area contributed by atoms with Crippen molar-refractivity contribution in [3.05, 3.63) is 24.3 Å². The quantitative estimate of drug-likeness (QED) is 0.843. The van der Waals surface area contributed by atoms with E-state index in [1.807, 2.05) is 31.2 Å². The highest BCUT2D eigenvalue weighted by Gasteiger charge is 2.35. The first-order valence-electron chi connectivity index (χ1n) is 7.37. The summed E-state index contributed by atoms with van der Waals surface area (Å²) in [7, 11) is 0. The van der Waals surface area contributed by atoms with E-state index in [9.17, 15) is 10.1 Å². The summed E-state index contributed by atoms with van der Waals surface area (Å²) >= 11 is 0. The Morgan fingerprint density at radius 2 is 2.10 bits per heavy atom. The van der Waals surface area contributed by atoms with E-state index in [0.717, 1.165) is 37.1 Å². The molecule has 0 atom stereocenters. The lowest BCUT2D eigenvalue weighted by Gasteiger charge is -2.22. The summed E-state index contributed by atoms with van der Waals surface area (Å²) in [6, 6.07) is 9.76. The van der Waals surface area contributed by atoms with E-state index in [4.69, 9.17) is 4.74 Å². The third-order valence-corrected chi connectivity index (χ3v) is 3.68. The molecule has 1 aromatic carbocycles. The molecule has 2 N–H and O–H groups in total. The molecule has 0 aromatic heterocycles. The van der Waals surface area contributed by atoms with Gasteiger partial charge < -0.3 is 15.4 Å². The Bertz CT molecular complexity index is 531. The smallest absolute Gasteiger partial charge is 0.240 e.